The van der Waals surface area contributed by atoms with Gasteiger partial charge in [-0.1, -0.05) is 0 Å². The number of fused-ring (bicyclic) bond motifs is 3. The lowest BCUT2D eigenvalue weighted by Crippen LogP contribution is -2.59. The second-order valence-corrected chi connectivity index (χ2v) is 8.78. The average molecular weight is 427 g/mol. The van der Waals surface area contributed by atoms with Crippen LogP contribution in [-0.4, -0.2) is 52.5 Å². The lowest BCUT2D eigenvalue weighted by Gasteiger charge is -2.46. The first-order valence-corrected chi connectivity index (χ1v) is 9.97. The number of carbonyl (C=O) groups is 3. The molecule has 1 amide bonds. The number of aryl methyl sites for hydroxylation is 1. The summed E-state index contributed by atoms with van der Waals surface area (Å²) in [5, 5.41) is 32.2. The third kappa shape index (κ3) is 2.62. The molecule has 0 radical (unpaired) electrons. The lowest BCUT2D eigenvalue weighted by atomic mass is 9.59. The highest BCUT2D eigenvalue weighted by Crippen LogP contribution is 2.52. The summed E-state index contributed by atoms with van der Waals surface area (Å²) >= 11 is 0. The van der Waals surface area contributed by atoms with Gasteiger partial charge in [0.15, 0.2) is 11.4 Å². The fourth-order valence-corrected chi connectivity index (χ4v) is 5.28. The molecule has 1 aromatic carbocycles. The maximum atomic E-state index is 13.5. The third-order valence-electron chi connectivity index (χ3n) is 6.80. The van der Waals surface area contributed by atoms with E-state index in [0.717, 1.165) is 5.69 Å². The van der Waals surface area contributed by atoms with Crippen LogP contribution < -0.4 is 16.4 Å². The number of allylic oxidation sites excluding steroid dienone is 2. The number of rotatable bonds is 2. The maximum Gasteiger partial charge on any atom is 0.255 e. The van der Waals surface area contributed by atoms with Crippen molar-refractivity contribution in [1.82, 2.24) is 0 Å². The van der Waals surface area contributed by atoms with Crippen molar-refractivity contribution < 1.29 is 29.7 Å². The van der Waals surface area contributed by atoms with Crippen molar-refractivity contribution in [2.24, 2.45) is 23.3 Å². The molecule has 4 rings (SSSR count). The molecule has 1 aromatic rings. The molecule has 9 heteroatoms. The van der Waals surface area contributed by atoms with Crippen molar-refractivity contribution in [2.45, 2.75) is 31.8 Å². The number of aliphatic hydroxyl groups is 2. The monoisotopic (exact) mass is 427 g/mol. The summed E-state index contributed by atoms with van der Waals surface area (Å²) in [6, 6.07) is 1.80. The number of Topliss-reactive ketones (excluding diaryl/α,β-unsaturated/α-hetero) is 2. The van der Waals surface area contributed by atoms with E-state index in [9.17, 15) is 29.7 Å². The van der Waals surface area contributed by atoms with Crippen LogP contribution in [0.25, 0.3) is 0 Å². The van der Waals surface area contributed by atoms with Crippen LogP contribution in [0.3, 0.4) is 0 Å². The van der Waals surface area contributed by atoms with Gasteiger partial charge in [-0.15, -0.1) is 0 Å². The SMILES string of the molecule is Cc1cc(N(C)C)c2c(c1O)C(=O)C1=C(N)[C@]3(O)C(=O)C(C(N)=O)=C(O)C[C@@H]3C[C@@H]1C2. The summed E-state index contributed by atoms with van der Waals surface area (Å²) in [5.41, 5.74) is 10.3. The number of hydrogen-bond donors (Lipinski definition) is 5. The van der Waals surface area contributed by atoms with Crippen LogP contribution >= 0.6 is 0 Å². The molecule has 9 nitrogen and oxygen atoms in total. The fourth-order valence-electron chi connectivity index (χ4n) is 5.28. The first-order valence-electron chi connectivity index (χ1n) is 9.97. The molecule has 3 aliphatic rings. The number of primary amides is 1. The van der Waals surface area contributed by atoms with E-state index in [1.165, 1.54) is 0 Å². The van der Waals surface area contributed by atoms with E-state index in [4.69, 9.17) is 11.5 Å². The molecule has 0 saturated carbocycles. The van der Waals surface area contributed by atoms with E-state index in [1.54, 1.807) is 13.0 Å². The summed E-state index contributed by atoms with van der Waals surface area (Å²) in [5.74, 6) is -4.68. The molecule has 0 bridgehead atoms. The molecular formula is C22H25N3O6. The molecule has 0 unspecified atom stereocenters. The molecule has 0 aliphatic heterocycles. The van der Waals surface area contributed by atoms with E-state index >= 15 is 0 Å². The van der Waals surface area contributed by atoms with Gasteiger partial charge in [-0.2, -0.15) is 0 Å². The number of amides is 1. The summed E-state index contributed by atoms with van der Waals surface area (Å²) in [6.45, 7) is 1.68. The Hall–Kier alpha value is -3.33. The van der Waals surface area contributed by atoms with Crippen LogP contribution in [0.1, 0.15) is 34.3 Å². The Kier molecular flexibility index (Phi) is 4.44. The van der Waals surface area contributed by atoms with Crippen molar-refractivity contribution in [2.75, 3.05) is 19.0 Å². The highest BCUT2D eigenvalue weighted by Gasteiger charge is 2.58. The summed E-state index contributed by atoms with van der Waals surface area (Å²) in [6.07, 6.45) is 0.402. The Labute approximate surface area is 178 Å². The number of anilines is 1. The first kappa shape index (κ1) is 20.9. The summed E-state index contributed by atoms with van der Waals surface area (Å²) < 4.78 is 0. The van der Waals surface area contributed by atoms with Crippen molar-refractivity contribution in [3.8, 4) is 5.75 Å². The number of nitrogens with zero attached hydrogens (tertiary/aromatic N) is 1. The number of aliphatic hydroxyl groups excluding tert-OH is 1. The van der Waals surface area contributed by atoms with Gasteiger partial charge in [0.2, 0.25) is 5.78 Å². The number of benzene rings is 1. The Morgan fingerprint density at radius 2 is 1.87 bits per heavy atom. The van der Waals surface area contributed by atoms with E-state index in [-0.39, 0.29) is 35.4 Å². The molecule has 0 heterocycles. The van der Waals surface area contributed by atoms with Gasteiger partial charge < -0.3 is 31.7 Å². The quantitative estimate of drug-likeness (QED) is 0.422. The van der Waals surface area contributed by atoms with Crippen molar-refractivity contribution in [1.29, 1.82) is 0 Å². The summed E-state index contributed by atoms with van der Waals surface area (Å²) in [7, 11) is 3.67. The van der Waals surface area contributed by atoms with Gasteiger partial charge in [-0.25, -0.2) is 0 Å². The standard InChI is InChI=1S/C22H25N3O6/c1-8-4-12(25(2)3)11-6-9-5-10-7-13(26)16(21(24)30)20(29)22(10,31)19(23)14(9)18(28)15(11)17(8)27/h4,9-10,26-27,31H,5-7,23H2,1-3H3,(H2,24,30)/t9-,10+,22+/m1/s1. The predicted octanol–water partition coefficient (Wildman–Crippen LogP) is 0.356. The maximum absolute atomic E-state index is 13.5. The Morgan fingerprint density at radius 3 is 2.45 bits per heavy atom. The third-order valence-corrected chi connectivity index (χ3v) is 6.80. The Morgan fingerprint density at radius 1 is 1.23 bits per heavy atom. The average Bonchev–Trinajstić information content (AvgIpc) is 2.66. The molecule has 31 heavy (non-hydrogen) atoms. The van der Waals surface area contributed by atoms with Crippen LogP contribution in [0.5, 0.6) is 5.75 Å². The van der Waals surface area contributed by atoms with Crippen molar-refractivity contribution in [3.05, 3.63) is 45.4 Å². The first-order chi connectivity index (χ1) is 14.4. The van der Waals surface area contributed by atoms with Crippen LogP contribution in [0.2, 0.25) is 0 Å². The number of aromatic hydroxyl groups is 1. The lowest BCUT2D eigenvalue weighted by molar-refractivity contribution is -0.140. The van der Waals surface area contributed by atoms with Crippen LogP contribution in [0, 0.1) is 18.8 Å². The normalized spacial score (nSPS) is 27.6. The second kappa shape index (κ2) is 6.58. The van der Waals surface area contributed by atoms with E-state index in [1.807, 2.05) is 19.0 Å². The van der Waals surface area contributed by atoms with Crippen LogP contribution in [0.4, 0.5) is 5.69 Å². The zero-order valence-corrected chi connectivity index (χ0v) is 17.5. The molecule has 3 atom stereocenters. The molecule has 0 fully saturated rings. The number of carbonyl (C=O) groups excluding carboxylic acids is 3. The van der Waals surface area contributed by atoms with Gasteiger partial charge in [-0.3, -0.25) is 14.4 Å². The topological polar surface area (TPSA) is 167 Å². The number of phenolic OH excluding ortho intramolecular Hbond substituents is 1. The van der Waals surface area contributed by atoms with Gasteiger partial charge in [-0.05, 0) is 42.9 Å². The highest BCUT2D eigenvalue weighted by molar-refractivity contribution is 6.24. The molecule has 7 N–H and O–H groups in total. The molecule has 3 aliphatic carbocycles. The molecule has 0 spiro atoms. The van der Waals surface area contributed by atoms with Crippen LogP contribution in [-0.2, 0) is 16.0 Å². The van der Waals surface area contributed by atoms with Crippen LogP contribution in [0.15, 0.2) is 28.7 Å². The molecule has 164 valence electrons. The number of hydrogen-bond acceptors (Lipinski definition) is 8. The van der Waals surface area contributed by atoms with Gasteiger partial charge >= 0.3 is 0 Å². The van der Waals surface area contributed by atoms with Gasteiger partial charge in [0, 0.05) is 37.7 Å². The zero-order chi connectivity index (χ0) is 23.0. The highest BCUT2D eigenvalue weighted by atomic mass is 16.3. The fraction of sp³-hybridized carbons (Fsp3) is 0.409. The Balaban J connectivity index is 1.94. The number of nitrogens with two attached hydrogens (primary N) is 2. The number of ketones is 2. The smallest absolute Gasteiger partial charge is 0.255 e. The number of phenols is 1. The molecular weight excluding hydrogens is 402 g/mol. The predicted molar refractivity (Wildman–Crippen MR) is 111 cm³/mol. The summed E-state index contributed by atoms with van der Waals surface area (Å²) in [4.78, 5) is 40.1. The van der Waals surface area contributed by atoms with E-state index < -0.39 is 46.2 Å². The minimum absolute atomic E-state index is 0.0652. The molecule has 0 saturated heterocycles. The molecule has 0 aromatic heterocycles. The van der Waals surface area contributed by atoms with Crippen molar-refractivity contribution in [3.63, 3.8) is 0 Å². The zero-order valence-electron chi connectivity index (χ0n) is 17.5. The minimum Gasteiger partial charge on any atom is -0.511 e. The van der Waals surface area contributed by atoms with Gasteiger partial charge in [0.25, 0.3) is 5.91 Å². The second-order valence-electron chi connectivity index (χ2n) is 8.78. The van der Waals surface area contributed by atoms with Gasteiger partial charge in [0.1, 0.15) is 17.1 Å². The largest absolute Gasteiger partial charge is 0.511 e. The van der Waals surface area contributed by atoms with E-state index in [2.05, 4.69) is 0 Å². The minimum atomic E-state index is -2.32. The van der Waals surface area contributed by atoms with Gasteiger partial charge in [0.05, 0.1) is 11.3 Å². The van der Waals surface area contributed by atoms with E-state index in [0.29, 0.717) is 17.5 Å². The van der Waals surface area contributed by atoms with Crippen molar-refractivity contribution >= 4 is 23.2 Å². The Bertz CT molecular complexity index is 1130.